The van der Waals surface area contributed by atoms with Gasteiger partial charge in [-0.2, -0.15) is 0 Å². The van der Waals surface area contributed by atoms with Crippen molar-refractivity contribution in [3.8, 4) is 5.75 Å². The maximum Gasteiger partial charge on any atom is 0.238 e. The first kappa shape index (κ1) is 24.1. The molecule has 1 saturated heterocycles. The highest BCUT2D eigenvalue weighted by molar-refractivity contribution is 9.10. The van der Waals surface area contributed by atoms with E-state index in [9.17, 15) is 24.3 Å². The number of phenols is 1. The molecule has 0 aromatic heterocycles. The summed E-state index contributed by atoms with van der Waals surface area (Å²) < 4.78 is 0.830. The number of ketones is 2. The molecule has 0 bridgehead atoms. The zero-order chi connectivity index (χ0) is 26.2. The second-order valence-electron chi connectivity index (χ2n) is 9.92. The maximum atomic E-state index is 13.8. The molecule has 37 heavy (non-hydrogen) atoms. The van der Waals surface area contributed by atoms with Gasteiger partial charge >= 0.3 is 0 Å². The molecule has 0 saturated carbocycles. The monoisotopic (exact) mass is 577 g/mol. The summed E-state index contributed by atoms with van der Waals surface area (Å²) in [5.74, 6) is -3.62. The van der Waals surface area contributed by atoms with Crippen LogP contribution in [0, 0.1) is 17.8 Å². The third-order valence-electron chi connectivity index (χ3n) is 7.95. The Balaban J connectivity index is 1.50. The molecule has 2 aromatic rings. The number of rotatable bonds is 2. The van der Waals surface area contributed by atoms with Crippen LogP contribution in [-0.2, 0) is 19.2 Å². The highest BCUT2D eigenvalue weighted by Gasteiger charge is 2.56. The Hall–Kier alpha value is -3.29. The average Bonchev–Trinajstić information content (AvgIpc) is 3.13. The Labute approximate surface area is 226 Å². The van der Waals surface area contributed by atoms with Crippen LogP contribution in [0.2, 0.25) is 5.02 Å². The van der Waals surface area contributed by atoms with Gasteiger partial charge in [0, 0.05) is 37.7 Å². The summed E-state index contributed by atoms with van der Waals surface area (Å²) in [6.07, 6.45) is 3.76. The first-order valence-corrected chi connectivity index (χ1v) is 13.2. The Bertz CT molecular complexity index is 1520. The molecule has 4 atom stereocenters. The van der Waals surface area contributed by atoms with Crippen molar-refractivity contribution < 1.29 is 24.3 Å². The summed E-state index contributed by atoms with van der Waals surface area (Å²) in [5, 5.41) is 11.2. The van der Waals surface area contributed by atoms with Crippen LogP contribution in [0.4, 0.5) is 5.69 Å². The lowest BCUT2D eigenvalue weighted by atomic mass is 9.59. The molecule has 1 fully saturated rings. The van der Waals surface area contributed by atoms with Gasteiger partial charge in [0.15, 0.2) is 11.6 Å². The fourth-order valence-corrected chi connectivity index (χ4v) is 6.76. The number of phenolic OH excluding ortho intramolecular Hbond substituents is 1. The van der Waals surface area contributed by atoms with E-state index in [2.05, 4.69) is 15.9 Å². The van der Waals surface area contributed by atoms with Crippen molar-refractivity contribution in [1.82, 2.24) is 0 Å². The van der Waals surface area contributed by atoms with E-state index in [4.69, 9.17) is 11.6 Å². The van der Waals surface area contributed by atoms with Crippen LogP contribution in [-0.4, -0.2) is 28.5 Å². The summed E-state index contributed by atoms with van der Waals surface area (Å²) in [6, 6.07) is 11.6. The number of anilines is 1. The van der Waals surface area contributed by atoms with E-state index >= 15 is 0 Å². The third kappa shape index (κ3) is 3.59. The van der Waals surface area contributed by atoms with Crippen LogP contribution < -0.4 is 4.90 Å². The van der Waals surface area contributed by atoms with Crippen molar-refractivity contribution >= 4 is 56.6 Å². The van der Waals surface area contributed by atoms with Crippen LogP contribution in [0.1, 0.15) is 31.2 Å². The first-order chi connectivity index (χ1) is 17.7. The lowest BCUT2D eigenvalue weighted by Crippen LogP contribution is -2.39. The van der Waals surface area contributed by atoms with Gasteiger partial charge in [-0.1, -0.05) is 39.2 Å². The van der Waals surface area contributed by atoms with Gasteiger partial charge in [0.05, 0.1) is 17.5 Å². The van der Waals surface area contributed by atoms with Gasteiger partial charge in [0.1, 0.15) is 5.75 Å². The van der Waals surface area contributed by atoms with E-state index in [0.717, 1.165) is 10.0 Å². The summed E-state index contributed by atoms with van der Waals surface area (Å²) >= 11 is 9.67. The molecule has 1 aliphatic heterocycles. The number of fused-ring (bicyclic) bond motifs is 3. The minimum Gasteiger partial charge on any atom is -0.508 e. The van der Waals surface area contributed by atoms with Gasteiger partial charge in [0.25, 0.3) is 0 Å². The Morgan fingerprint density at radius 3 is 2.46 bits per heavy atom. The van der Waals surface area contributed by atoms with Gasteiger partial charge < -0.3 is 5.11 Å². The Morgan fingerprint density at radius 2 is 1.73 bits per heavy atom. The molecule has 0 spiro atoms. The minimum atomic E-state index is -0.738. The smallest absolute Gasteiger partial charge is 0.238 e. The van der Waals surface area contributed by atoms with Gasteiger partial charge in [-0.05, 0) is 74.2 Å². The van der Waals surface area contributed by atoms with Crippen LogP contribution in [0.25, 0.3) is 0 Å². The minimum absolute atomic E-state index is 0.0531. The van der Waals surface area contributed by atoms with E-state index in [0.29, 0.717) is 39.4 Å². The van der Waals surface area contributed by atoms with E-state index in [1.54, 1.807) is 43.3 Å². The number of amides is 2. The Morgan fingerprint density at radius 1 is 1.00 bits per heavy atom. The van der Waals surface area contributed by atoms with E-state index in [-0.39, 0.29) is 35.6 Å². The highest BCUT2D eigenvalue weighted by Crippen LogP contribution is 2.56. The molecule has 2 aromatic carbocycles. The summed E-state index contributed by atoms with van der Waals surface area (Å²) in [4.78, 5) is 55.1. The van der Waals surface area contributed by atoms with Crippen LogP contribution in [0.15, 0.2) is 81.4 Å². The second-order valence-corrected chi connectivity index (χ2v) is 11.3. The largest absolute Gasteiger partial charge is 0.508 e. The number of imide groups is 1. The van der Waals surface area contributed by atoms with Crippen LogP contribution in [0.5, 0.6) is 5.75 Å². The van der Waals surface area contributed by atoms with Crippen molar-refractivity contribution in [2.24, 2.45) is 17.8 Å². The van der Waals surface area contributed by atoms with Gasteiger partial charge in [-0.25, -0.2) is 0 Å². The number of halogens is 2. The highest BCUT2D eigenvalue weighted by atomic mass is 79.9. The lowest BCUT2D eigenvalue weighted by molar-refractivity contribution is -0.123. The SMILES string of the molecule is CC1=CC(=O)C2=C(C1=O)[C@@H](c1cc(Cl)ccc1O)C1=CC[C@@H]3C(=O)N(c4ccc(Br)cc4)C(=O)[C@@H]3[C@@H]1C2. The number of aromatic hydroxyl groups is 1. The van der Waals surface area contributed by atoms with E-state index < -0.39 is 23.7 Å². The normalized spacial score (nSPS) is 27.1. The van der Waals surface area contributed by atoms with Gasteiger partial charge in [0.2, 0.25) is 11.8 Å². The number of Topliss-reactive ketones (excluding diaryl/α,β-unsaturated/α-hetero) is 1. The van der Waals surface area contributed by atoms with Crippen molar-refractivity contribution in [2.75, 3.05) is 4.90 Å². The van der Waals surface area contributed by atoms with Crippen LogP contribution in [0.3, 0.4) is 0 Å². The molecule has 4 aliphatic rings. The lowest BCUT2D eigenvalue weighted by Gasteiger charge is -2.42. The fraction of sp³-hybridized carbons (Fsp3) is 0.241. The molecule has 0 radical (unpaired) electrons. The Kier molecular flexibility index (Phi) is 5.62. The van der Waals surface area contributed by atoms with Gasteiger partial charge in [-0.3, -0.25) is 24.1 Å². The average molecular weight is 579 g/mol. The molecule has 1 heterocycles. The predicted octanol–water partition coefficient (Wildman–Crippen LogP) is 5.44. The topological polar surface area (TPSA) is 91.8 Å². The number of hydrogen-bond donors (Lipinski definition) is 1. The number of nitrogens with zero attached hydrogens (tertiary/aromatic N) is 1. The number of allylic oxidation sites excluding steroid dienone is 6. The molecule has 6 rings (SSSR count). The molecular weight excluding hydrogens is 558 g/mol. The fourth-order valence-electron chi connectivity index (χ4n) is 6.32. The third-order valence-corrected chi connectivity index (χ3v) is 8.71. The number of carbonyl (C=O) groups is 4. The number of benzene rings is 2. The van der Waals surface area contributed by atoms with Gasteiger partial charge in [-0.15, -0.1) is 0 Å². The van der Waals surface area contributed by atoms with Crippen LogP contribution >= 0.6 is 27.5 Å². The van der Waals surface area contributed by atoms with Crippen molar-refractivity contribution in [2.45, 2.75) is 25.7 Å². The zero-order valence-electron chi connectivity index (χ0n) is 19.7. The maximum absolute atomic E-state index is 13.8. The molecule has 8 heteroatoms. The summed E-state index contributed by atoms with van der Waals surface area (Å²) in [5.41, 5.74) is 2.67. The molecule has 3 aliphatic carbocycles. The molecule has 6 nitrogen and oxygen atoms in total. The van der Waals surface area contributed by atoms with Crippen molar-refractivity contribution in [3.05, 3.63) is 92.0 Å². The van der Waals surface area contributed by atoms with Crippen molar-refractivity contribution in [1.29, 1.82) is 0 Å². The van der Waals surface area contributed by atoms with Crippen molar-refractivity contribution in [3.63, 3.8) is 0 Å². The molecule has 0 unspecified atom stereocenters. The summed E-state index contributed by atoms with van der Waals surface area (Å²) in [7, 11) is 0. The quantitative estimate of drug-likeness (QED) is 0.291. The molecule has 2 amide bonds. The molecule has 1 N–H and O–H groups in total. The molecular formula is C29H21BrClNO5. The van der Waals surface area contributed by atoms with E-state index in [1.165, 1.54) is 17.0 Å². The van der Waals surface area contributed by atoms with E-state index in [1.807, 2.05) is 6.08 Å². The molecule has 186 valence electrons. The number of hydrogen-bond acceptors (Lipinski definition) is 5. The summed E-state index contributed by atoms with van der Waals surface area (Å²) in [6.45, 7) is 1.60. The first-order valence-electron chi connectivity index (χ1n) is 12.0. The standard InChI is InChI=1S/C29H21BrClNO5/c1-13-10-23(34)21-12-19-17(24(26(21)27(13)35)20-11-15(31)4-9-22(20)33)7-8-18-25(19)29(37)32(28(18)36)16-5-2-14(30)3-6-16/h2-7,9-11,18-19,24-25,33H,8,12H2,1H3/t18-,19+,24+,25-/m0/s1. The zero-order valence-corrected chi connectivity index (χ0v) is 22.0. The number of carbonyl (C=O) groups excluding carboxylic acids is 4. The predicted molar refractivity (Wildman–Crippen MR) is 141 cm³/mol. The second kappa shape index (κ2) is 8.64.